The van der Waals surface area contributed by atoms with E-state index < -0.39 is 6.10 Å². The van der Waals surface area contributed by atoms with E-state index >= 15 is 0 Å². The molecule has 6 nitrogen and oxygen atoms in total. The zero-order chi connectivity index (χ0) is 49.3. The van der Waals surface area contributed by atoms with Gasteiger partial charge < -0.3 is 14.2 Å². The summed E-state index contributed by atoms with van der Waals surface area (Å²) < 4.78 is 16.8. The molecule has 0 amide bonds. The Balaban J connectivity index is 4.49. The van der Waals surface area contributed by atoms with Gasteiger partial charge in [0.2, 0.25) is 0 Å². The molecule has 1 unspecified atom stereocenters. The molecule has 392 valence electrons. The van der Waals surface area contributed by atoms with Gasteiger partial charge in [0.15, 0.2) is 6.10 Å². The van der Waals surface area contributed by atoms with Gasteiger partial charge in [-0.05, 0) is 83.5 Å². The minimum Gasteiger partial charge on any atom is -0.462 e. The molecule has 0 N–H and O–H groups in total. The summed E-state index contributed by atoms with van der Waals surface area (Å²) in [5.41, 5.74) is 0. The third-order valence-electron chi connectivity index (χ3n) is 12.5. The maximum absolute atomic E-state index is 12.9. The number of ether oxygens (including phenoxy) is 3. The van der Waals surface area contributed by atoms with Crippen LogP contribution in [0.25, 0.3) is 0 Å². The first-order valence-electron chi connectivity index (χ1n) is 29.0. The van der Waals surface area contributed by atoms with Crippen molar-refractivity contribution < 1.29 is 28.6 Å². The third kappa shape index (κ3) is 53.8. The van der Waals surface area contributed by atoms with Gasteiger partial charge in [-0.1, -0.05) is 254 Å². The van der Waals surface area contributed by atoms with E-state index in [-0.39, 0.29) is 37.5 Å². The molecule has 0 aliphatic rings. The molecule has 68 heavy (non-hydrogen) atoms. The second kappa shape index (κ2) is 56.4. The number of unbranched alkanes of at least 4 members (excludes halogenated alkanes) is 30. The van der Waals surface area contributed by atoms with E-state index in [0.29, 0.717) is 19.3 Å². The summed E-state index contributed by atoms with van der Waals surface area (Å²) in [7, 11) is 0. The third-order valence-corrected chi connectivity index (χ3v) is 12.5. The van der Waals surface area contributed by atoms with Crippen LogP contribution in [0.5, 0.6) is 0 Å². The van der Waals surface area contributed by atoms with Crippen LogP contribution in [0.2, 0.25) is 0 Å². The topological polar surface area (TPSA) is 78.9 Å². The van der Waals surface area contributed by atoms with E-state index in [9.17, 15) is 14.4 Å². The van der Waals surface area contributed by atoms with Crippen molar-refractivity contribution in [1.82, 2.24) is 0 Å². The first kappa shape index (κ1) is 64.8. The summed E-state index contributed by atoms with van der Waals surface area (Å²) in [6.07, 6.45) is 71.8. The highest BCUT2D eigenvalue weighted by Gasteiger charge is 2.19. The Labute approximate surface area is 421 Å². The quantitative estimate of drug-likeness (QED) is 0.0199. The van der Waals surface area contributed by atoms with Crippen LogP contribution in [-0.2, 0) is 28.6 Å². The molecule has 0 saturated heterocycles. The molecule has 0 spiro atoms. The number of rotatable bonds is 52. The van der Waals surface area contributed by atoms with Gasteiger partial charge in [0, 0.05) is 19.3 Å². The Morgan fingerprint density at radius 1 is 0.309 bits per heavy atom. The standard InChI is InChI=1S/C62H108O6/c1-4-7-10-13-16-19-22-25-28-31-34-37-40-43-46-49-52-55-61(64)67-58-59(57-66-60(63)54-51-48-45-42-39-36-33-30-27-24-21-18-15-12-9-6-3)68-62(65)56-53-50-47-44-41-38-35-32-29-26-23-20-17-14-11-8-5-2/h16,19,25,28,30,33-34,36-37,39,43,46,59H,4-15,17-18,20-24,26-27,29,31-32,35,38,40-42,44-45,47-58H2,1-3H3/b19-16-,28-25-,33-30-,37-34-,39-36-,46-43-. The molecule has 0 heterocycles. The lowest BCUT2D eigenvalue weighted by molar-refractivity contribution is -0.167. The average Bonchev–Trinajstić information content (AvgIpc) is 3.34. The summed E-state index contributed by atoms with van der Waals surface area (Å²) >= 11 is 0. The van der Waals surface area contributed by atoms with Gasteiger partial charge in [0.25, 0.3) is 0 Å². The molecule has 0 fully saturated rings. The normalized spacial score (nSPS) is 12.6. The Kier molecular flexibility index (Phi) is 53.8. The zero-order valence-corrected chi connectivity index (χ0v) is 44.9. The number of allylic oxidation sites excluding steroid dienone is 12. The summed E-state index contributed by atoms with van der Waals surface area (Å²) in [4.78, 5) is 38.1. The molecule has 0 radical (unpaired) electrons. The van der Waals surface area contributed by atoms with Crippen LogP contribution >= 0.6 is 0 Å². The van der Waals surface area contributed by atoms with Gasteiger partial charge >= 0.3 is 17.9 Å². The highest BCUT2D eigenvalue weighted by atomic mass is 16.6. The van der Waals surface area contributed by atoms with Crippen LogP contribution in [0, 0.1) is 0 Å². The number of carbonyl (C=O) groups excluding carboxylic acids is 3. The lowest BCUT2D eigenvalue weighted by Crippen LogP contribution is -2.30. The average molecular weight is 950 g/mol. The van der Waals surface area contributed by atoms with Crippen molar-refractivity contribution in [3.63, 3.8) is 0 Å². The number of esters is 3. The Morgan fingerprint density at radius 3 is 1.01 bits per heavy atom. The second-order valence-electron chi connectivity index (χ2n) is 19.2. The largest absolute Gasteiger partial charge is 0.462 e. The SMILES string of the molecule is CCCCC/C=C\C/C=C\C/C=C\C/C=C\CCCC(=O)OCC(COC(=O)CCCCC/C=C\C=C/CCCCCCCCC)OC(=O)CCCCCCCCCCCCCCCCCCC. The van der Waals surface area contributed by atoms with Crippen LogP contribution in [0.4, 0.5) is 0 Å². The van der Waals surface area contributed by atoms with Crippen LogP contribution in [-0.4, -0.2) is 37.2 Å². The molecule has 0 aliphatic carbocycles. The number of carbonyl (C=O) groups is 3. The van der Waals surface area contributed by atoms with Crippen molar-refractivity contribution in [3.8, 4) is 0 Å². The van der Waals surface area contributed by atoms with Gasteiger partial charge in [-0.15, -0.1) is 0 Å². The maximum atomic E-state index is 12.9. The van der Waals surface area contributed by atoms with E-state index in [2.05, 4.69) is 93.7 Å². The van der Waals surface area contributed by atoms with Crippen LogP contribution < -0.4 is 0 Å². The van der Waals surface area contributed by atoms with E-state index in [1.807, 2.05) is 0 Å². The highest BCUT2D eigenvalue weighted by Crippen LogP contribution is 2.16. The van der Waals surface area contributed by atoms with Gasteiger partial charge in [0.1, 0.15) is 13.2 Å². The fourth-order valence-corrected chi connectivity index (χ4v) is 8.07. The van der Waals surface area contributed by atoms with Crippen molar-refractivity contribution in [3.05, 3.63) is 72.9 Å². The van der Waals surface area contributed by atoms with Crippen molar-refractivity contribution in [2.24, 2.45) is 0 Å². The molecule has 0 bridgehead atoms. The molecular weight excluding hydrogens is 841 g/mol. The molecule has 0 aliphatic heterocycles. The summed E-state index contributed by atoms with van der Waals surface area (Å²) in [5, 5.41) is 0. The lowest BCUT2D eigenvalue weighted by Gasteiger charge is -2.18. The Hall–Kier alpha value is -3.15. The lowest BCUT2D eigenvalue weighted by atomic mass is 10.0. The summed E-state index contributed by atoms with van der Waals surface area (Å²) in [6, 6.07) is 0. The summed E-state index contributed by atoms with van der Waals surface area (Å²) in [6.45, 7) is 6.56. The van der Waals surface area contributed by atoms with Crippen molar-refractivity contribution in [1.29, 1.82) is 0 Å². The maximum Gasteiger partial charge on any atom is 0.306 e. The monoisotopic (exact) mass is 949 g/mol. The van der Waals surface area contributed by atoms with E-state index in [4.69, 9.17) is 14.2 Å². The molecule has 0 aromatic heterocycles. The Bertz CT molecular complexity index is 1270. The van der Waals surface area contributed by atoms with Crippen molar-refractivity contribution >= 4 is 17.9 Å². The minimum absolute atomic E-state index is 0.104. The smallest absolute Gasteiger partial charge is 0.306 e. The molecule has 0 rings (SSSR count). The highest BCUT2D eigenvalue weighted by molar-refractivity contribution is 5.71. The predicted octanol–water partition coefficient (Wildman–Crippen LogP) is 19.4. The van der Waals surface area contributed by atoms with Gasteiger partial charge in [-0.2, -0.15) is 0 Å². The fourth-order valence-electron chi connectivity index (χ4n) is 8.07. The van der Waals surface area contributed by atoms with Crippen LogP contribution in [0.3, 0.4) is 0 Å². The molecular formula is C62H108O6. The van der Waals surface area contributed by atoms with Gasteiger partial charge in [-0.25, -0.2) is 0 Å². The van der Waals surface area contributed by atoms with Gasteiger partial charge in [-0.3, -0.25) is 14.4 Å². The van der Waals surface area contributed by atoms with Crippen molar-refractivity contribution in [2.75, 3.05) is 13.2 Å². The fraction of sp³-hybridized carbons (Fsp3) is 0.758. The van der Waals surface area contributed by atoms with Crippen molar-refractivity contribution in [2.45, 2.75) is 290 Å². The first-order valence-corrected chi connectivity index (χ1v) is 29.0. The number of hydrogen-bond donors (Lipinski definition) is 0. The zero-order valence-electron chi connectivity index (χ0n) is 44.9. The first-order chi connectivity index (χ1) is 33.5. The molecule has 0 saturated carbocycles. The second-order valence-corrected chi connectivity index (χ2v) is 19.2. The number of hydrogen-bond acceptors (Lipinski definition) is 6. The van der Waals surface area contributed by atoms with Crippen LogP contribution in [0.1, 0.15) is 284 Å². The summed E-state index contributed by atoms with van der Waals surface area (Å²) in [5.74, 6) is -0.975. The predicted molar refractivity (Wildman–Crippen MR) is 293 cm³/mol. The molecule has 1 atom stereocenters. The van der Waals surface area contributed by atoms with Crippen LogP contribution in [0.15, 0.2) is 72.9 Å². The molecule has 0 aromatic rings. The molecule has 6 heteroatoms. The van der Waals surface area contributed by atoms with Gasteiger partial charge in [0.05, 0.1) is 0 Å². The Morgan fingerprint density at radius 2 is 0.588 bits per heavy atom. The van der Waals surface area contributed by atoms with E-state index in [1.165, 1.54) is 161 Å². The molecule has 0 aromatic carbocycles. The van der Waals surface area contributed by atoms with E-state index in [0.717, 1.165) is 77.0 Å². The minimum atomic E-state index is -0.807. The van der Waals surface area contributed by atoms with E-state index in [1.54, 1.807) is 0 Å².